The van der Waals surface area contributed by atoms with E-state index >= 15 is 0 Å². The van der Waals surface area contributed by atoms with Crippen molar-refractivity contribution in [1.29, 1.82) is 0 Å². The second-order valence-electron chi connectivity index (χ2n) is 6.13. The second-order valence-corrected chi connectivity index (χ2v) is 6.13. The van der Waals surface area contributed by atoms with Crippen LogP contribution in [0.2, 0.25) is 0 Å². The Bertz CT molecular complexity index is 444. The standard InChI is InChI=1S/C17H26N2O/c1-2-19-9-10-20-16(12-19)17(18)15-8-4-7-14(11-15)13-5-3-6-13/h4,7-8,11,13,16-17H,2-3,5-6,9-10,12,18H2,1H3. The van der Waals surface area contributed by atoms with Crippen LogP contribution in [-0.4, -0.2) is 37.2 Å². The second kappa shape index (κ2) is 6.25. The summed E-state index contributed by atoms with van der Waals surface area (Å²) in [4.78, 5) is 2.42. The highest BCUT2D eigenvalue weighted by Crippen LogP contribution is 2.37. The fourth-order valence-corrected chi connectivity index (χ4v) is 3.21. The van der Waals surface area contributed by atoms with Crippen LogP contribution in [-0.2, 0) is 4.74 Å². The van der Waals surface area contributed by atoms with E-state index in [1.54, 1.807) is 0 Å². The first-order chi connectivity index (χ1) is 9.78. The SMILES string of the molecule is CCN1CCOC(C(N)c2cccc(C3CCC3)c2)C1. The lowest BCUT2D eigenvalue weighted by Crippen LogP contribution is -2.46. The molecule has 3 rings (SSSR count). The number of hydrogen-bond acceptors (Lipinski definition) is 3. The summed E-state index contributed by atoms with van der Waals surface area (Å²) in [5.41, 5.74) is 9.16. The van der Waals surface area contributed by atoms with Crippen LogP contribution >= 0.6 is 0 Å². The summed E-state index contributed by atoms with van der Waals surface area (Å²) < 4.78 is 5.90. The van der Waals surface area contributed by atoms with Crippen LogP contribution in [0, 0.1) is 0 Å². The number of likely N-dealkylation sites (N-methyl/N-ethyl adjacent to an activating group) is 1. The number of nitrogens with zero attached hydrogens (tertiary/aromatic N) is 1. The summed E-state index contributed by atoms with van der Waals surface area (Å²) in [5, 5.41) is 0. The molecule has 3 nitrogen and oxygen atoms in total. The number of morpholine rings is 1. The maximum atomic E-state index is 6.46. The molecule has 0 bridgehead atoms. The topological polar surface area (TPSA) is 38.5 Å². The number of ether oxygens (including phenoxy) is 1. The quantitative estimate of drug-likeness (QED) is 0.917. The van der Waals surface area contributed by atoms with E-state index in [0.717, 1.165) is 32.2 Å². The molecule has 2 unspecified atom stereocenters. The molecule has 2 atom stereocenters. The van der Waals surface area contributed by atoms with Crippen LogP contribution in [0.4, 0.5) is 0 Å². The Morgan fingerprint density at radius 1 is 1.40 bits per heavy atom. The van der Waals surface area contributed by atoms with Crippen LogP contribution in [0.3, 0.4) is 0 Å². The lowest BCUT2D eigenvalue weighted by atomic mass is 9.79. The molecule has 3 heteroatoms. The monoisotopic (exact) mass is 274 g/mol. The summed E-state index contributed by atoms with van der Waals surface area (Å²) in [7, 11) is 0. The van der Waals surface area contributed by atoms with Crippen molar-refractivity contribution >= 4 is 0 Å². The van der Waals surface area contributed by atoms with Gasteiger partial charge in [-0.3, -0.25) is 4.90 Å². The van der Waals surface area contributed by atoms with E-state index in [-0.39, 0.29) is 12.1 Å². The van der Waals surface area contributed by atoms with Crippen molar-refractivity contribution < 1.29 is 4.74 Å². The minimum Gasteiger partial charge on any atom is -0.374 e. The molecule has 1 aromatic carbocycles. The predicted molar refractivity (Wildman–Crippen MR) is 81.8 cm³/mol. The van der Waals surface area contributed by atoms with Gasteiger partial charge in [-0.1, -0.05) is 37.6 Å². The largest absolute Gasteiger partial charge is 0.374 e. The molecule has 20 heavy (non-hydrogen) atoms. The summed E-state index contributed by atoms with van der Waals surface area (Å²) in [6.07, 6.45) is 4.17. The first kappa shape index (κ1) is 14.1. The van der Waals surface area contributed by atoms with E-state index in [1.165, 1.54) is 30.4 Å². The van der Waals surface area contributed by atoms with Gasteiger partial charge in [-0.05, 0) is 36.4 Å². The maximum absolute atomic E-state index is 6.46. The fourth-order valence-electron chi connectivity index (χ4n) is 3.21. The Balaban J connectivity index is 1.70. The highest BCUT2D eigenvalue weighted by molar-refractivity contribution is 5.30. The molecule has 0 amide bonds. The van der Waals surface area contributed by atoms with Crippen molar-refractivity contribution in [3.63, 3.8) is 0 Å². The molecule has 110 valence electrons. The van der Waals surface area contributed by atoms with Gasteiger partial charge in [0.15, 0.2) is 0 Å². The molecule has 1 saturated carbocycles. The van der Waals surface area contributed by atoms with E-state index in [2.05, 4.69) is 36.1 Å². The van der Waals surface area contributed by atoms with Crippen molar-refractivity contribution in [1.82, 2.24) is 4.90 Å². The number of benzene rings is 1. The Hall–Kier alpha value is -0.900. The van der Waals surface area contributed by atoms with Crippen molar-refractivity contribution in [2.24, 2.45) is 5.73 Å². The Labute approximate surface area is 122 Å². The molecule has 1 saturated heterocycles. The van der Waals surface area contributed by atoms with Gasteiger partial charge in [0, 0.05) is 13.1 Å². The minimum absolute atomic E-state index is 0.00984. The van der Waals surface area contributed by atoms with E-state index in [0.29, 0.717) is 0 Å². The normalized spacial score (nSPS) is 26.2. The molecule has 1 aliphatic carbocycles. The van der Waals surface area contributed by atoms with Crippen molar-refractivity contribution in [2.45, 2.75) is 44.2 Å². The van der Waals surface area contributed by atoms with E-state index in [4.69, 9.17) is 10.5 Å². The summed E-state index contributed by atoms with van der Waals surface area (Å²) in [6.45, 7) is 6.06. The third-order valence-corrected chi connectivity index (χ3v) is 4.90. The van der Waals surface area contributed by atoms with Gasteiger partial charge in [-0.15, -0.1) is 0 Å². The molecule has 0 spiro atoms. The van der Waals surface area contributed by atoms with Gasteiger partial charge in [-0.25, -0.2) is 0 Å². The maximum Gasteiger partial charge on any atom is 0.0894 e. The number of rotatable bonds is 4. The third kappa shape index (κ3) is 2.90. The zero-order valence-electron chi connectivity index (χ0n) is 12.4. The molecule has 1 aromatic rings. The molecule has 2 aliphatic rings. The van der Waals surface area contributed by atoms with Crippen LogP contribution < -0.4 is 5.73 Å². The Morgan fingerprint density at radius 2 is 2.25 bits per heavy atom. The summed E-state index contributed by atoms with van der Waals surface area (Å²) in [5.74, 6) is 0.765. The molecular formula is C17H26N2O. The highest BCUT2D eigenvalue weighted by atomic mass is 16.5. The molecule has 2 fully saturated rings. The van der Waals surface area contributed by atoms with E-state index in [9.17, 15) is 0 Å². The minimum atomic E-state index is -0.00984. The van der Waals surface area contributed by atoms with Crippen LogP contribution in [0.15, 0.2) is 24.3 Å². The highest BCUT2D eigenvalue weighted by Gasteiger charge is 2.27. The van der Waals surface area contributed by atoms with Gasteiger partial charge in [-0.2, -0.15) is 0 Å². The van der Waals surface area contributed by atoms with Gasteiger partial charge < -0.3 is 10.5 Å². The van der Waals surface area contributed by atoms with E-state index < -0.39 is 0 Å². The number of nitrogens with two attached hydrogens (primary N) is 1. The Morgan fingerprint density at radius 3 is 2.95 bits per heavy atom. The lowest BCUT2D eigenvalue weighted by molar-refractivity contribution is -0.0392. The molecule has 0 radical (unpaired) electrons. The first-order valence-electron chi connectivity index (χ1n) is 7.97. The van der Waals surface area contributed by atoms with Crippen LogP contribution in [0.1, 0.15) is 49.3 Å². The van der Waals surface area contributed by atoms with Crippen molar-refractivity contribution in [3.8, 4) is 0 Å². The lowest BCUT2D eigenvalue weighted by Gasteiger charge is -2.35. The van der Waals surface area contributed by atoms with Gasteiger partial charge in [0.05, 0.1) is 18.8 Å². The van der Waals surface area contributed by atoms with Gasteiger partial charge in [0.1, 0.15) is 0 Å². The Kier molecular flexibility index (Phi) is 4.39. The average Bonchev–Trinajstić information content (AvgIpc) is 2.45. The number of hydrogen-bond donors (Lipinski definition) is 1. The molecule has 2 N–H and O–H groups in total. The zero-order chi connectivity index (χ0) is 13.9. The van der Waals surface area contributed by atoms with Gasteiger partial charge >= 0.3 is 0 Å². The molecule has 1 aliphatic heterocycles. The van der Waals surface area contributed by atoms with Crippen molar-refractivity contribution in [2.75, 3.05) is 26.2 Å². The van der Waals surface area contributed by atoms with Crippen LogP contribution in [0.25, 0.3) is 0 Å². The first-order valence-corrected chi connectivity index (χ1v) is 7.97. The van der Waals surface area contributed by atoms with E-state index in [1.807, 2.05) is 0 Å². The molecule has 0 aromatic heterocycles. The average molecular weight is 274 g/mol. The molecular weight excluding hydrogens is 248 g/mol. The van der Waals surface area contributed by atoms with Crippen molar-refractivity contribution in [3.05, 3.63) is 35.4 Å². The summed E-state index contributed by atoms with van der Waals surface area (Å²) >= 11 is 0. The van der Waals surface area contributed by atoms with Gasteiger partial charge in [0.25, 0.3) is 0 Å². The molecule has 1 heterocycles. The van der Waals surface area contributed by atoms with Gasteiger partial charge in [0.2, 0.25) is 0 Å². The van der Waals surface area contributed by atoms with Crippen LogP contribution in [0.5, 0.6) is 0 Å². The smallest absolute Gasteiger partial charge is 0.0894 e. The predicted octanol–water partition coefficient (Wildman–Crippen LogP) is 2.67. The third-order valence-electron chi connectivity index (χ3n) is 4.90. The zero-order valence-corrected chi connectivity index (χ0v) is 12.4. The fraction of sp³-hybridized carbons (Fsp3) is 0.647. The summed E-state index contributed by atoms with van der Waals surface area (Å²) in [6, 6.07) is 8.86.